The van der Waals surface area contributed by atoms with Crippen molar-refractivity contribution in [3.05, 3.63) is 24.1 Å². The van der Waals surface area contributed by atoms with Crippen molar-refractivity contribution in [3.63, 3.8) is 0 Å². The molecule has 2 aromatic rings. The minimum Gasteiger partial charge on any atom is -0.387 e. The number of rotatable bonds is 2. The molecule has 3 heterocycles. The van der Waals surface area contributed by atoms with Crippen LogP contribution in [0.25, 0.3) is 11.2 Å². The minimum absolute atomic E-state index is 0.184. The normalized spacial score (nSPS) is 28.2. The number of nitrogen functional groups attached to an aromatic ring is 1. The molecule has 2 aromatic heterocycles. The molecule has 4 N–H and O–H groups in total. The Morgan fingerprint density at radius 2 is 2.00 bits per heavy atom. The maximum Gasteiger partial charge on any atom is 0.167 e. The van der Waals surface area contributed by atoms with E-state index in [1.807, 2.05) is 0 Å². The maximum absolute atomic E-state index is 14.1. The van der Waals surface area contributed by atoms with Gasteiger partial charge in [0.25, 0.3) is 0 Å². The number of hydrogen-bond acceptors (Lipinski definition) is 7. The zero-order valence-corrected chi connectivity index (χ0v) is 12.0. The number of fused-ring (bicyclic) bond motifs is 1. The third-order valence-corrected chi connectivity index (χ3v) is 3.63. The summed E-state index contributed by atoms with van der Waals surface area (Å²) in [6.45, 7) is 3.12. The molecule has 1 saturated heterocycles. The standard InChI is InChI=1S/C13H16FN5O3/c1-5(2)6(14)10-8(20)9(21)13(22-10)19-4-18-7-11(15)16-3-17-12(7)19/h3-4,8-10,13,20-21H,1-2H3,(H2,15,16,17)/t8-,9+,10+,13+/m0/s1. The molecular formula is C13H16FN5O3. The number of ether oxygens (including phenoxy) is 1. The number of aromatic nitrogens is 4. The molecule has 0 unspecified atom stereocenters. The summed E-state index contributed by atoms with van der Waals surface area (Å²) >= 11 is 0. The number of nitrogens with zero attached hydrogens (tertiary/aromatic N) is 4. The van der Waals surface area contributed by atoms with E-state index in [1.54, 1.807) is 13.8 Å². The van der Waals surface area contributed by atoms with Crippen LogP contribution in [-0.4, -0.2) is 48.0 Å². The summed E-state index contributed by atoms with van der Waals surface area (Å²) in [7, 11) is 0. The molecule has 0 aliphatic carbocycles. The lowest BCUT2D eigenvalue weighted by atomic mass is 10.1. The van der Waals surface area contributed by atoms with E-state index < -0.39 is 30.4 Å². The summed E-state index contributed by atoms with van der Waals surface area (Å²) in [6.07, 6.45) is -2.37. The average Bonchev–Trinajstić information content (AvgIpc) is 3.02. The van der Waals surface area contributed by atoms with Crippen molar-refractivity contribution < 1.29 is 19.3 Å². The van der Waals surface area contributed by atoms with Crippen LogP contribution in [0.15, 0.2) is 24.1 Å². The van der Waals surface area contributed by atoms with Crippen molar-refractivity contribution in [1.29, 1.82) is 0 Å². The van der Waals surface area contributed by atoms with Gasteiger partial charge in [-0.1, -0.05) is 0 Å². The molecule has 0 amide bonds. The molecule has 0 radical (unpaired) electrons. The molecule has 1 fully saturated rings. The van der Waals surface area contributed by atoms with Gasteiger partial charge in [0, 0.05) is 0 Å². The van der Waals surface area contributed by atoms with E-state index in [0.29, 0.717) is 16.7 Å². The van der Waals surface area contributed by atoms with Crippen LogP contribution in [0.1, 0.15) is 20.1 Å². The van der Waals surface area contributed by atoms with Crippen LogP contribution >= 0.6 is 0 Å². The smallest absolute Gasteiger partial charge is 0.167 e. The number of aliphatic hydroxyl groups excluding tert-OH is 2. The van der Waals surface area contributed by atoms with Gasteiger partial charge in [-0.3, -0.25) is 4.57 Å². The molecular weight excluding hydrogens is 293 g/mol. The third-order valence-electron chi connectivity index (χ3n) is 3.63. The van der Waals surface area contributed by atoms with Gasteiger partial charge in [-0.15, -0.1) is 0 Å². The largest absolute Gasteiger partial charge is 0.387 e. The topological polar surface area (TPSA) is 119 Å². The van der Waals surface area contributed by atoms with Gasteiger partial charge in [0.1, 0.15) is 36.0 Å². The summed E-state index contributed by atoms with van der Waals surface area (Å²) in [6, 6.07) is 0. The second-order valence-corrected chi connectivity index (χ2v) is 5.36. The van der Waals surface area contributed by atoms with Crippen LogP contribution in [0, 0.1) is 0 Å². The Balaban J connectivity index is 2.01. The lowest BCUT2D eigenvalue weighted by molar-refractivity contribution is -0.0305. The fourth-order valence-electron chi connectivity index (χ4n) is 2.44. The first kappa shape index (κ1) is 14.8. The van der Waals surface area contributed by atoms with Crippen molar-refractivity contribution in [1.82, 2.24) is 19.5 Å². The lowest BCUT2D eigenvalue weighted by Gasteiger charge is -2.16. The Kier molecular flexibility index (Phi) is 3.55. The van der Waals surface area contributed by atoms with Gasteiger partial charge in [-0.05, 0) is 19.4 Å². The van der Waals surface area contributed by atoms with E-state index >= 15 is 0 Å². The molecule has 22 heavy (non-hydrogen) atoms. The maximum atomic E-state index is 14.1. The Bertz CT molecular complexity index is 742. The highest BCUT2D eigenvalue weighted by Crippen LogP contribution is 2.35. The van der Waals surface area contributed by atoms with Gasteiger partial charge in [0.15, 0.2) is 17.7 Å². The second-order valence-electron chi connectivity index (χ2n) is 5.36. The first-order chi connectivity index (χ1) is 10.4. The van der Waals surface area contributed by atoms with Crippen molar-refractivity contribution >= 4 is 17.0 Å². The summed E-state index contributed by atoms with van der Waals surface area (Å²) in [5.41, 5.74) is 6.75. The van der Waals surface area contributed by atoms with Crippen LogP contribution in [0.2, 0.25) is 0 Å². The number of imidazole rings is 1. The quantitative estimate of drug-likeness (QED) is 0.729. The number of hydrogen-bond donors (Lipinski definition) is 3. The molecule has 118 valence electrons. The molecule has 3 rings (SSSR count). The van der Waals surface area contributed by atoms with Crippen molar-refractivity contribution in [2.24, 2.45) is 0 Å². The van der Waals surface area contributed by atoms with Crippen molar-refractivity contribution in [2.75, 3.05) is 5.73 Å². The first-order valence-corrected chi connectivity index (χ1v) is 6.69. The summed E-state index contributed by atoms with van der Waals surface area (Å²) in [5, 5.41) is 20.2. The third kappa shape index (κ3) is 2.14. The predicted octanol–water partition coefficient (Wildman–Crippen LogP) is 0.291. The van der Waals surface area contributed by atoms with Gasteiger partial charge in [-0.25, -0.2) is 19.3 Å². The predicted molar refractivity (Wildman–Crippen MR) is 75.1 cm³/mol. The Labute approximate surface area is 125 Å². The van der Waals surface area contributed by atoms with E-state index in [4.69, 9.17) is 10.5 Å². The van der Waals surface area contributed by atoms with Crippen LogP contribution in [0.5, 0.6) is 0 Å². The highest BCUT2D eigenvalue weighted by atomic mass is 19.1. The lowest BCUT2D eigenvalue weighted by Crippen LogP contribution is -2.32. The highest BCUT2D eigenvalue weighted by Gasteiger charge is 2.46. The van der Waals surface area contributed by atoms with Gasteiger partial charge in [-0.2, -0.15) is 0 Å². The van der Waals surface area contributed by atoms with E-state index in [2.05, 4.69) is 15.0 Å². The fourth-order valence-corrected chi connectivity index (χ4v) is 2.44. The Morgan fingerprint density at radius 3 is 2.68 bits per heavy atom. The molecule has 0 bridgehead atoms. The molecule has 8 nitrogen and oxygen atoms in total. The molecule has 4 atom stereocenters. The number of nitrogens with two attached hydrogens (primary N) is 1. The first-order valence-electron chi connectivity index (χ1n) is 6.69. The monoisotopic (exact) mass is 309 g/mol. The van der Waals surface area contributed by atoms with E-state index in [0.717, 1.165) is 0 Å². The Hall–Kier alpha value is -2.10. The van der Waals surface area contributed by atoms with Crippen LogP contribution in [0.4, 0.5) is 10.2 Å². The summed E-state index contributed by atoms with van der Waals surface area (Å²) in [5.74, 6) is -0.420. The summed E-state index contributed by atoms with van der Waals surface area (Å²) in [4.78, 5) is 11.9. The molecule has 0 saturated carbocycles. The zero-order chi connectivity index (χ0) is 16.0. The molecule has 0 spiro atoms. The number of halogens is 1. The van der Waals surface area contributed by atoms with Crippen LogP contribution < -0.4 is 5.73 Å². The van der Waals surface area contributed by atoms with Crippen molar-refractivity contribution in [2.45, 2.75) is 38.4 Å². The van der Waals surface area contributed by atoms with Gasteiger partial charge < -0.3 is 20.7 Å². The fraction of sp³-hybridized carbons (Fsp3) is 0.462. The van der Waals surface area contributed by atoms with E-state index in [9.17, 15) is 14.6 Å². The molecule has 0 aromatic carbocycles. The van der Waals surface area contributed by atoms with Crippen LogP contribution in [-0.2, 0) is 4.74 Å². The van der Waals surface area contributed by atoms with Crippen LogP contribution in [0.3, 0.4) is 0 Å². The summed E-state index contributed by atoms with van der Waals surface area (Å²) < 4.78 is 21.0. The number of anilines is 1. The molecule has 1 aliphatic rings. The Morgan fingerprint density at radius 1 is 1.27 bits per heavy atom. The number of allylic oxidation sites excluding steroid dienone is 1. The molecule has 1 aliphatic heterocycles. The van der Waals surface area contributed by atoms with Crippen molar-refractivity contribution in [3.8, 4) is 0 Å². The van der Waals surface area contributed by atoms with Gasteiger partial charge >= 0.3 is 0 Å². The van der Waals surface area contributed by atoms with E-state index in [-0.39, 0.29) is 5.82 Å². The second kappa shape index (κ2) is 5.27. The van der Waals surface area contributed by atoms with E-state index in [1.165, 1.54) is 17.2 Å². The minimum atomic E-state index is -1.39. The van der Waals surface area contributed by atoms with Gasteiger partial charge in [0.05, 0.1) is 6.33 Å². The SMILES string of the molecule is CC(C)=C(F)[C@H]1O[C@@H](n2cnc3c(N)ncnc32)[C@H](O)[C@@H]1O. The highest BCUT2D eigenvalue weighted by molar-refractivity contribution is 5.81. The molecule has 9 heteroatoms. The zero-order valence-electron chi connectivity index (χ0n) is 12.0. The number of aliphatic hydroxyl groups is 2. The average molecular weight is 309 g/mol. The van der Waals surface area contributed by atoms with Gasteiger partial charge in [0.2, 0.25) is 0 Å².